The fourth-order valence-electron chi connectivity index (χ4n) is 0.589. The topological polar surface area (TPSA) is 0 Å². The second-order valence-corrected chi connectivity index (χ2v) is 3.54. The minimum absolute atomic E-state index is 0.0278. The maximum Gasteiger partial charge on any atom is 0.0713 e. The van der Waals surface area contributed by atoms with Crippen LogP contribution in [0, 0.1) is 0 Å². The predicted molar refractivity (Wildman–Crippen MR) is 56.6 cm³/mol. The molecule has 0 aliphatic rings. The van der Waals surface area contributed by atoms with Crippen molar-refractivity contribution in [1.29, 1.82) is 0 Å². The van der Waals surface area contributed by atoms with Crippen LogP contribution in [0.1, 0.15) is 5.56 Å². The van der Waals surface area contributed by atoms with Crippen molar-refractivity contribution in [1.82, 2.24) is 0 Å². The first kappa shape index (κ1) is 11.0. The zero-order chi connectivity index (χ0) is 8.53. The second-order valence-electron chi connectivity index (χ2n) is 1.69. The van der Waals surface area contributed by atoms with E-state index < -0.39 is 0 Å². The summed E-state index contributed by atoms with van der Waals surface area (Å²) < 4.78 is 0. The van der Waals surface area contributed by atoms with E-state index in [1.54, 1.807) is 0 Å². The largest absolute Gasteiger partial charge is 0.0985 e. The number of rotatable bonds is 1. The molecule has 3 heteroatoms. The first-order chi connectivity index (χ1) is 5.35. The Morgan fingerprint density at radius 1 is 1.18 bits per heavy atom. The molecule has 0 aliphatic carbocycles. The van der Waals surface area contributed by atoms with Gasteiger partial charge in [0.05, 0.1) is 7.29 Å². The molecule has 0 aromatic heterocycles. The second kappa shape index (κ2) is 8.07. The van der Waals surface area contributed by atoms with Gasteiger partial charge in [0.25, 0.3) is 0 Å². The van der Waals surface area contributed by atoms with Crippen molar-refractivity contribution < 1.29 is 0 Å². The van der Waals surface area contributed by atoms with Crippen LogP contribution in [0.25, 0.3) is 6.08 Å². The lowest BCUT2D eigenvalue weighted by Gasteiger charge is -1.85. The van der Waals surface area contributed by atoms with Crippen molar-refractivity contribution in [2.45, 2.75) is 0 Å². The SMILES string of the molecule is C=Cc1ccccc1.ClPCl. The van der Waals surface area contributed by atoms with Gasteiger partial charge < -0.3 is 0 Å². The Labute approximate surface area is 78.6 Å². The van der Waals surface area contributed by atoms with Crippen LogP contribution in [0.3, 0.4) is 0 Å². The molecule has 0 atom stereocenters. The fraction of sp³-hybridized carbons (Fsp3) is 0. The van der Waals surface area contributed by atoms with E-state index in [0.29, 0.717) is 0 Å². The minimum atomic E-state index is 0.0278. The Morgan fingerprint density at radius 3 is 1.91 bits per heavy atom. The Balaban J connectivity index is 0.000000292. The van der Waals surface area contributed by atoms with E-state index in [1.165, 1.54) is 5.56 Å². The van der Waals surface area contributed by atoms with Gasteiger partial charge in [0, 0.05) is 0 Å². The summed E-state index contributed by atoms with van der Waals surface area (Å²) in [6.45, 7) is 3.63. The highest BCUT2D eigenvalue weighted by Crippen LogP contribution is 2.19. The molecule has 0 bridgehead atoms. The molecule has 11 heavy (non-hydrogen) atoms. The summed E-state index contributed by atoms with van der Waals surface area (Å²) in [5.41, 5.74) is 1.17. The summed E-state index contributed by atoms with van der Waals surface area (Å²) in [5, 5.41) is 0. The average molecular weight is 207 g/mol. The quantitative estimate of drug-likeness (QED) is 0.602. The fourth-order valence-corrected chi connectivity index (χ4v) is 0.589. The van der Waals surface area contributed by atoms with Gasteiger partial charge in [-0.25, -0.2) is 0 Å². The van der Waals surface area contributed by atoms with Crippen LogP contribution < -0.4 is 0 Å². The van der Waals surface area contributed by atoms with Crippen molar-refractivity contribution in [3.63, 3.8) is 0 Å². The molecule has 0 aliphatic heterocycles. The molecular weight excluding hydrogens is 198 g/mol. The van der Waals surface area contributed by atoms with Crippen LogP contribution in [0.4, 0.5) is 0 Å². The highest BCUT2D eigenvalue weighted by molar-refractivity contribution is 7.90. The molecule has 1 aromatic rings. The zero-order valence-electron chi connectivity index (χ0n) is 5.93. The van der Waals surface area contributed by atoms with E-state index in [-0.39, 0.29) is 7.29 Å². The molecule has 0 fully saturated rings. The zero-order valence-corrected chi connectivity index (χ0v) is 8.44. The van der Waals surface area contributed by atoms with Crippen molar-refractivity contribution in [3.8, 4) is 0 Å². The van der Waals surface area contributed by atoms with Crippen LogP contribution in [0.15, 0.2) is 36.9 Å². The summed E-state index contributed by atoms with van der Waals surface area (Å²) in [4.78, 5) is 0. The first-order valence-electron chi connectivity index (χ1n) is 2.99. The Bertz CT molecular complexity index is 187. The van der Waals surface area contributed by atoms with E-state index in [4.69, 9.17) is 22.5 Å². The van der Waals surface area contributed by atoms with E-state index >= 15 is 0 Å². The molecule has 0 N–H and O–H groups in total. The Kier molecular flexibility index (Phi) is 8.05. The average Bonchev–Trinajstić information content (AvgIpc) is 2.08. The summed E-state index contributed by atoms with van der Waals surface area (Å²) in [5.74, 6) is 0. The summed E-state index contributed by atoms with van der Waals surface area (Å²) in [7, 11) is 0.0278. The lowest BCUT2D eigenvalue weighted by atomic mass is 10.2. The van der Waals surface area contributed by atoms with E-state index in [9.17, 15) is 0 Å². The predicted octanol–water partition coefficient (Wildman–Crippen LogP) is 4.30. The maximum absolute atomic E-state index is 4.79. The lowest BCUT2D eigenvalue weighted by molar-refractivity contribution is 1.67. The molecule has 1 rings (SSSR count). The molecule has 0 unspecified atom stereocenters. The van der Waals surface area contributed by atoms with Crippen LogP contribution >= 0.6 is 29.8 Å². The highest BCUT2D eigenvalue weighted by Gasteiger charge is 1.75. The summed E-state index contributed by atoms with van der Waals surface area (Å²) >= 11 is 9.58. The van der Waals surface area contributed by atoms with Crippen LogP contribution in [-0.4, -0.2) is 0 Å². The van der Waals surface area contributed by atoms with Crippen molar-refractivity contribution in [2.75, 3.05) is 0 Å². The molecule has 0 amide bonds. The smallest absolute Gasteiger partial charge is 0.0713 e. The number of hydrogen-bond donors (Lipinski definition) is 0. The molecular formula is C8H9Cl2P. The lowest BCUT2D eigenvalue weighted by Crippen LogP contribution is -1.63. The molecule has 1 aromatic carbocycles. The van der Waals surface area contributed by atoms with E-state index in [0.717, 1.165) is 0 Å². The molecule has 0 saturated carbocycles. The maximum atomic E-state index is 4.79. The number of halogens is 2. The molecule has 60 valence electrons. The van der Waals surface area contributed by atoms with Gasteiger partial charge in [0.15, 0.2) is 0 Å². The minimum Gasteiger partial charge on any atom is -0.0985 e. The Hall–Kier alpha value is -0.0300. The molecule has 0 saturated heterocycles. The highest BCUT2D eigenvalue weighted by atomic mass is 35.9. The van der Waals surface area contributed by atoms with Crippen LogP contribution in [-0.2, 0) is 0 Å². The summed E-state index contributed by atoms with van der Waals surface area (Å²) in [6.07, 6.45) is 1.83. The number of benzene rings is 1. The van der Waals surface area contributed by atoms with Crippen LogP contribution in [0.5, 0.6) is 0 Å². The van der Waals surface area contributed by atoms with Crippen molar-refractivity contribution in [3.05, 3.63) is 42.5 Å². The van der Waals surface area contributed by atoms with E-state index in [2.05, 4.69) is 6.58 Å². The normalized spacial score (nSPS) is 7.82. The molecule has 0 heterocycles. The van der Waals surface area contributed by atoms with Gasteiger partial charge in [0.2, 0.25) is 0 Å². The third-order valence-electron chi connectivity index (χ3n) is 1.04. The van der Waals surface area contributed by atoms with Gasteiger partial charge in [-0.3, -0.25) is 0 Å². The van der Waals surface area contributed by atoms with Gasteiger partial charge in [-0.15, -0.1) is 0 Å². The summed E-state index contributed by atoms with van der Waals surface area (Å²) in [6, 6.07) is 10.0. The molecule has 0 nitrogen and oxygen atoms in total. The third kappa shape index (κ3) is 6.37. The van der Waals surface area contributed by atoms with Gasteiger partial charge in [-0.1, -0.05) is 65.5 Å². The van der Waals surface area contributed by atoms with Crippen molar-refractivity contribution >= 4 is 35.8 Å². The Morgan fingerprint density at radius 2 is 1.64 bits per heavy atom. The monoisotopic (exact) mass is 206 g/mol. The molecule has 0 spiro atoms. The standard InChI is InChI=1S/C8H8.Cl2HP/c1-2-8-6-4-3-5-7-8;1-3-2/h2-7H,1H2;3H. The van der Waals surface area contributed by atoms with E-state index in [1.807, 2.05) is 36.4 Å². The third-order valence-corrected chi connectivity index (χ3v) is 1.04. The van der Waals surface area contributed by atoms with Gasteiger partial charge in [-0.05, 0) is 5.56 Å². The van der Waals surface area contributed by atoms with Crippen LogP contribution in [0.2, 0.25) is 0 Å². The van der Waals surface area contributed by atoms with Gasteiger partial charge in [0.1, 0.15) is 0 Å². The molecule has 0 radical (unpaired) electrons. The van der Waals surface area contributed by atoms with Gasteiger partial charge >= 0.3 is 0 Å². The number of hydrogen-bond acceptors (Lipinski definition) is 0. The van der Waals surface area contributed by atoms with Crippen molar-refractivity contribution in [2.24, 2.45) is 0 Å². The van der Waals surface area contributed by atoms with Gasteiger partial charge in [-0.2, -0.15) is 0 Å². The first-order valence-corrected chi connectivity index (χ1v) is 6.01.